The lowest BCUT2D eigenvalue weighted by molar-refractivity contribution is -0.385. The summed E-state index contributed by atoms with van der Waals surface area (Å²) in [7, 11) is 0. The molecule has 0 spiro atoms. The van der Waals surface area contributed by atoms with Crippen molar-refractivity contribution in [2.75, 3.05) is 0 Å². The second-order valence-corrected chi connectivity index (χ2v) is 5.20. The first-order valence-corrected chi connectivity index (χ1v) is 7.06. The van der Waals surface area contributed by atoms with Crippen LogP contribution in [0.15, 0.2) is 36.4 Å². The number of Topliss-reactive ketones (excluding diaryl/α,β-unsaturated/α-hetero) is 1. The van der Waals surface area contributed by atoms with E-state index < -0.39 is 33.7 Å². The van der Waals surface area contributed by atoms with E-state index in [1.807, 2.05) is 0 Å². The SMILES string of the molecule is [N-]=[N+]=CC(=O)c1cc(Oc2ccc(C(F)(F)F)cc2Cl)ccc1[N+](=O)[O-]. The molecule has 11 heteroatoms. The number of ether oxygens (including phenoxy) is 1. The molecular formula is C15H7ClF3N3O4. The van der Waals surface area contributed by atoms with Gasteiger partial charge < -0.3 is 10.3 Å². The molecule has 0 radical (unpaired) electrons. The van der Waals surface area contributed by atoms with Gasteiger partial charge in [0.25, 0.3) is 11.5 Å². The van der Waals surface area contributed by atoms with Gasteiger partial charge in [0.1, 0.15) is 17.1 Å². The van der Waals surface area contributed by atoms with Crippen molar-refractivity contribution in [2.24, 2.45) is 0 Å². The molecule has 0 aliphatic carbocycles. The molecule has 0 saturated heterocycles. The van der Waals surface area contributed by atoms with Crippen LogP contribution in [0.3, 0.4) is 0 Å². The van der Waals surface area contributed by atoms with Crippen molar-refractivity contribution < 1.29 is 32.4 Å². The van der Waals surface area contributed by atoms with E-state index in [1.165, 1.54) is 0 Å². The van der Waals surface area contributed by atoms with Crippen LogP contribution in [0.25, 0.3) is 5.53 Å². The summed E-state index contributed by atoms with van der Waals surface area (Å²) in [5, 5.41) is 10.6. The molecule has 134 valence electrons. The Kier molecular flexibility index (Phi) is 5.39. The van der Waals surface area contributed by atoms with Crippen molar-refractivity contribution in [3.8, 4) is 11.5 Å². The van der Waals surface area contributed by atoms with Crippen molar-refractivity contribution in [1.29, 1.82) is 0 Å². The van der Waals surface area contributed by atoms with E-state index in [1.54, 1.807) is 0 Å². The monoisotopic (exact) mass is 385 g/mol. The van der Waals surface area contributed by atoms with Gasteiger partial charge in [-0.05, 0) is 30.3 Å². The average Bonchev–Trinajstić information content (AvgIpc) is 2.55. The van der Waals surface area contributed by atoms with E-state index >= 15 is 0 Å². The number of nitrogens with zero attached hydrogens (tertiary/aromatic N) is 3. The summed E-state index contributed by atoms with van der Waals surface area (Å²) in [5.74, 6) is -1.21. The maximum absolute atomic E-state index is 12.6. The predicted octanol–water partition coefficient (Wildman–Crippen LogP) is 4.54. The number of benzene rings is 2. The Morgan fingerprint density at radius 2 is 1.96 bits per heavy atom. The number of carbonyl (C=O) groups is 1. The van der Waals surface area contributed by atoms with Crippen LogP contribution >= 0.6 is 11.6 Å². The third-order valence-corrected chi connectivity index (χ3v) is 3.39. The van der Waals surface area contributed by atoms with Crippen LogP contribution in [0.4, 0.5) is 18.9 Å². The van der Waals surface area contributed by atoms with E-state index in [0.717, 1.165) is 30.3 Å². The Labute approximate surface area is 148 Å². The Hall–Kier alpha value is -3.23. The second-order valence-electron chi connectivity index (χ2n) is 4.79. The minimum Gasteiger partial charge on any atom is -0.456 e. The molecule has 7 nitrogen and oxygen atoms in total. The number of alkyl halides is 3. The van der Waals surface area contributed by atoms with Gasteiger partial charge in [-0.3, -0.25) is 14.9 Å². The third-order valence-electron chi connectivity index (χ3n) is 3.09. The second kappa shape index (κ2) is 7.34. The van der Waals surface area contributed by atoms with Crippen LogP contribution in [-0.2, 0) is 6.18 Å². The molecule has 0 atom stereocenters. The van der Waals surface area contributed by atoms with E-state index in [9.17, 15) is 28.1 Å². The minimum atomic E-state index is -4.58. The van der Waals surface area contributed by atoms with Gasteiger partial charge in [-0.25, -0.2) is 0 Å². The number of hydrogen-bond acceptors (Lipinski definition) is 4. The fraction of sp³-hybridized carbons (Fsp3) is 0.0667. The highest BCUT2D eigenvalue weighted by Gasteiger charge is 2.31. The zero-order chi connectivity index (χ0) is 19.5. The Morgan fingerprint density at radius 3 is 2.50 bits per heavy atom. The normalized spacial score (nSPS) is 10.8. The molecule has 0 N–H and O–H groups in total. The summed E-state index contributed by atoms with van der Waals surface area (Å²) >= 11 is 5.76. The van der Waals surface area contributed by atoms with Crippen molar-refractivity contribution in [3.63, 3.8) is 0 Å². The molecule has 0 heterocycles. The maximum Gasteiger partial charge on any atom is 0.416 e. The summed E-state index contributed by atoms with van der Waals surface area (Å²) in [6.45, 7) is 0. The van der Waals surface area contributed by atoms with Gasteiger partial charge in [0.05, 0.1) is 15.5 Å². The molecule has 0 bridgehead atoms. The summed E-state index contributed by atoms with van der Waals surface area (Å²) in [6, 6.07) is 5.47. The van der Waals surface area contributed by atoms with Crippen molar-refractivity contribution in [1.82, 2.24) is 0 Å². The number of ketones is 1. The highest BCUT2D eigenvalue weighted by molar-refractivity contribution is 6.34. The average molecular weight is 386 g/mol. The summed E-state index contributed by atoms with van der Waals surface area (Å²) in [5.41, 5.74) is 6.41. The fourth-order valence-electron chi connectivity index (χ4n) is 1.94. The Balaban J connectivity index is 2.41. The van der Waals surface area contributed by atoms with Crippen molar-refractivity contribution in [2.45, 2.75) is 6.18 Å². The summed E-state index contributed by atoms with van der Waals surface area (Å²) in [6.07, 6.45) is -4.13. The minimum absolute atomic E-state index is 0.0908. The first-order valence-electron chi connectivity index (χ1n) is 6.68. The summed E-state index contributed by atoms with van der Waals surface area (Å²) < 4.78 is 43.2. The van der Waals surface area contributed by atoms with E-state index in [0.29, 0.717) is 12.3 Å². The Bertz CT molecular complexity index is 940. The fourth-order valence-corrected chi connectivity index (χ4v) is 2.16. The largest absolute Gasteiger partial charge is 0.456 e. The highest BCUT2D eigenvalue weighted by Crippen LogP contribution is 2.37. The number of halogens is 4. The molecule has 0 fully saturated rings. The number of rotatable bonds is 5. The van der Waals surface area contributed by atoms with Gasteiger partial charge in [-0.15, -0.1) is 0 Å². The number of carbonyl (C=O) groups excluding carboxylic acids is 1. The molecular weight excluding hydrogens is 379 g/mol. The third kappa shape index (κ3) is 4.24. The van der Waals surface area contributed by atoms with Crippen LogP contribution in [0, 0.1) is 10.1 Å². The van der Waals surface area contributed by atoms with E-state index in [4.69, 9.17) is 21.9 Å². The lowest BCUT2D eigenvalue weighted by Gasteiger charge is -2.11. The van der Waals surface area contributed by atoms with Crippen LogP contribution in [0.1, 0.15) is 15.9 Å². The molecule has 0 amide bonds. The molecule has 26 heavy (non-hydrogen) atoms. The van der Waals surface area contributed by atoms with E-state index in [-0.39, 0.29) is 16.5 Å². The topological polar surface area (TPSA) is 106 Å². The molecule has 2 aromatic rings. The van der Waals surface area contributed by atoms with Crippen molar-refractivity contribution >= 4 is 29.3 Å². The number of hydrogen-bond donors (Lipinski definition) is 0. The zero-order valence-electron chi connectivity index (χ0n) is 12.5. The summed E-state index contributed by atoms with van der Waals surface area (Å²) in [4.78, 5) is 24.4. The van der Waals surface area contributed by atoms with Crippen LogP contribution < -0.4 is 4.74 Å². The molecule has 2 aromatic carbocycles. The molecule has 0 aliphatic heterocycles. The maximum atomic E-state index is 12.6. The van der Waals surface area contributed by atoms with Gasteiger partial charge in [-0.1, -0.05) is 11.6 Å². The predicted molar refractivity (Wildman–Crippen MR) is 83.6 cm³/mol. The van der Waals surface area contributed by atoms with Gasteiger partial charge in [-0.2, -0.15) is 18.0 Å². The smallest absolute Gasteiger partial charge is 0.416 e. The lowest BCUT2D eigenvalue weighted by atomic mass is 10.1. The van der Waals surface area contributed by atoms with Crippen LogP contribution in [0.2, 0.25) is 5.02 Å². The van der Waals surface area contributed by atoms with E-state index in [2.05, 4.69) is 4.79 Å². The molecule has 0 unspecified atom stereocenters. The molecule has 0 saturated carbocycles. The quantitative estimate of drug-likeness (QED) is 0.188. The number of nitro groups is 1. The first-order chi connectivity index (χ1) is 12.1. The van der Waals surface area contributed by atoms with Crippen LogP contribution in [0.5, 0.6) is 11.5 Å². The van der Waals surface area contributed by atoms with Gasteiger partial charge in [0, 0.05) is 6.07 Å². The van der Waals surface area contributed by atoms with Gasteiger partial charge >= 0.3 is 12.4 Å². The zero-order valence-corrected chi connectivity index (χ0v) is 13.3. The Morgan fingerprint density at radius 1 is 1.27 bits per heavy atom. The van der Waals surface area contributed by atoms with Crippen LogP contribution in [-0.4, -0.2) is 21.7 Å². The van der Waals surface area contributed by atoms with Gasteiger partial charge in [0.15, 0.2) is 0 Å². The lowest BCUT2D eigenvalue weighted by Crippen LogP contribution is -2.06. The molecule has 0 aromatic heterocycles. The van der Waals surface area contributed by atoms with Gasteiger partial charge in [0.2, 0.25) is 0 Å². The highest BCUT2D eigenvalue weighted by atomic mass is 35.5. The standard InChI is InChI=1S/C15H7ClF3N3O4/c16-11-5-8(15(17,18)19)1-4-14(11)26-9-2-3-12(22(24)25)10(6-9)13(23)7-21-20/h1-7H. The molecule has 0 aliphatic rings. The number of nitro benzene ring substituents is 1. The van der Waals surface area contributed by atoms with Crippen molar-refractivity contribution in [3.05, 3.63) is 68.2 Å². The molecule has 2 rings (SSSR count). The first kappa shape index (κ1) is 19.1.